The summed E-state index contributed by atoms with van der Waals surface area (Å²) < 4.78 is 10.1. The maximum Gasteiger partial charge on any atom is 0.159 e. The summed E-state index contributed by atoms with van der Waals surface area (Å²) >= 11 is 0. The first-order chi connectivity index (χ1) is 8.14. The van der Waals surface area contributed by atoms with Gasteiger partial charge in [-0.15, -0.1) is 0 Å². The molecule has 0 aromatic carbocycles. The largest absolute Gasteiger partial charge is 0.396 e. The number of carbonyl (C=O) groups is 1. The van der Waals surface area contributed by atoms with E-state index in [-0.39, 0.29) is 18.8 Å². The number of hydrogen-bond acceptors (Lipinski definition) is 6. The lowest BCUT2D eigenvalue weighted by atomic mass is 9.85. The van der Waals surface area contributed by atoms with E-state index in [9.17, 15) is 4.79 Å². The van der Waals surface area contributed by atoms with E-state index in [1.807, 2.05) is 6.92 Å². The summed E-state index contributed by atoms with van der Waals surface area (Å²) in [4.78, 5) is 11.5. The zero-order valence-electron chi connectivity index (χ0n) is 10.2. The standard InChI is InChI=1S/C11H22O6/c1-2-16-3-4-17-6-10(15)5-11(7-12,8-13)9-14/h12-14H,2-9H2,1H3. The van der Waals surface area contributed by atoms with Crippen molar-refractivity contribution in [1.82, 2.24) is 0 Å². The molecule has 0 amide bonds. The molecule has 0 radical (unpaired) electrons. The van der Waals surface area contributed by atoms with Crippen LogP contribution in [0.3, 0.4) is 0 Å². The second-order valence-electron chi connectivity index (χ2n) is 3.94. The molecule has 0 atom stereocenters. The van der Waals surface area contributed by atoms with Crippen LogP contribution >= 0.6 is 0 Å². The van der Waals surface area contributed by atoms with Gasteiger partial charge in [0.25, 0.3) is 0 Å². The first kappa shape index (κ1) is 16.5. The van der Waals surface area contributed by atoms with Gasteiger partial charge in [-0.1, -0.05) is 0 Å². The molecule has 102 valence electrons. The Morgan fingerprint density at radius 2 is 1.59 bits per heavy atom. The molecule has 0 unspecified atom stereocenters. The highest BCUT2D eigenvalue weighted by molar-refractivity contribution is 5.80. The van der Waals surface area contributed by atoms with Crippen molar-refractivity contribution in [3.05, 3.63) is 0 Å². The second-order valence-corrected chi connectivity index (χ2v) is 3.94. The first-order valence-electron chi connectivity index (χ1n) is 5.64. The van der Waals surface area contributed by atoms with Crippen molar-refractivity contribution < 1.29 is 29.6 Å². The average Bonchev–Trinajstić information content (AvgIpc) is 2.36. The number of Topliss-reactive ketones (excluding diaryl/α,β-unsaturated/α-hetero) is 1. The van der Waals surface area contributed by atoms with Gasteiger partial charge in [-0.3, -0.25) is 4.79 Å². The summed E-state index contributed by atoms with van der Waals surface area (Å²) in [5.41, 5.74) is -1.15. The molecule has 0 bridgehead atoms. The third kappa shape index (κ3) is 6.70. The number of hydrogen-bond donors (Lipinski definition) is 3. The fourth-order valence-corrected chi connectivity index (χ4v) is 1.24. The maximum atomic E-state index is 11.5. The molecule has 0 aromatic heterocycles. The zero-order chi connectivity index (χ0) is 13.1. The molecule has 0 rings (SSSR count). The van der Waals surface area contributed by atoms with Gasteiger partial charge in [0.15, 0.2) is 5.78 Å². The van der Waals surface area contributed by atoms with E-state index in [4.69, 9.17) is 24.8 Å². The van der Waals surface area contributed by atoms with Gasteiger partial charge in [0.05, 0.1) is 33.0 Å². The maximum absolute atomic E-state index is 11.5. The van der Waals surface area contributed by atoms with Gasteiger partial charge < -0.3 is 24.8 Å². The lowest BCUT2D eigenvalue weighted by Gasteiger charge is -2.26. The highest BCUT2D eigenvalue weighted by atomic mass is 16.5. The monoisotopic (exact) mass is 250 g/mol. The van der Waals surface area contributed by atoms with Crippen LogP contribution in [-0.4, -0.2) is 67.4 Å². The van der Waals surface area contributed by atoms with Crippen LogP contribution < -0.4 is 0 Å². The predicted octanol–water partition coefficient (Wildman–Crippen LogP) is -1.04. The SMILES string of the molecule is CCOCCOCC(=O)CC(CO)(CO)CO. The summed E-state index contributed by atoms with van der Waals surface area (Å²) in [6.45, 7) is 1.79. The van der Waals surface area contributed by atoms with Gasteiger partial charge in [0.2, 0.25) is 0 Å². The van der Waals surface area contributed by atoms with Crippen molar-refractivity contribution in [2.75, 3.05) is 46.2 Å². The topological polar surface area (TPSA) is 96.2 Å². The Balaban J connectivity index is 3.83. The van der Waals surface area contributed by atoms with Crippen LogP contribution in [0.1, 0.15) is 13.3 Å². The quantitative estimate of drug-likeness (QED) is 0.405. The Bertz CT molecular complexity index is 194. The van der Waals surface area contributed by atoms with Crippen LogP contribution in [0.25, 0.3) is 0 Å². The molecule has 0 saturated heterocycles. The highest BCUT2D eigenvalue weighted by Crippen LogP contribution is 2.20. The Kier molecular flexibility index (Phi) is 9.20. The van der Waals surface area contributed by atoms with Gasteiger partial charge in [-0.05, 0) is 6.92 Å². The Labute approximate surface area is 101 Å². The highest BCUT2D eigenvalue weighted by Gasteiger charge is 2.30. The van der Waals surface area contributed by atoms with Crippen molar-refractivity contribution in [3.8, 4) is 0 Å². The summed E-state index contributed by atoms with van der Waals surface area (Å²) in [5, 5.41) is 27.1. The molecule has 0 aliphatic rings. The molecule has 17 heavy (non-hydrogen) atoms. The first-order valence-corrected chi connectivity index (χ1v) is 5.64. The lowest BCUT2D eigenvalue weighted by molar-refractivity contribution is -0.129. The van der Waals surface area contributed by atoms with Crippen LogP contribution in [0.15, 0.2) is 0 Å². The fourth-order valence-electron chi connectivity index (χ4n) is 1.24. The van der Waals surface area contributed by atoms with E-state index in [0.717, 1.165) is 0 Å². The third-order valence-corrected chi connectivity index (χ3v) is 2.42. The minimum absolute atomic E-state index is 0.102. The van der Waals surface area contributed by atoms with Crippen molar-refractivity contribution in [2.45, 2.75) is 13.3 Å². The van der Waals surface area contributed by atoms with Gasteiger partial charge in [-0.2, -0.15) is 0 Å². The molecule has 0 heterocycles. The van der Waals surface area contributed by atoms with E-state index < -0.39 is 25.2 Å². The molecule has 6 heteroatoms. The Morgan fingerprint density at radius 3 is 2.06 bits per heavy atom. The molecule has 0 saturated carbocycles. The minimum Gasteiger partial charge on any atom is -0.396 e. The van der Waals surface area contributed by atoms with Crippen LogP contribution in [0, 0.1) is 5.41 Å². The van der Waals surface area contributed by atoms with Crippen molar-refractivity contribution in [1.29, 1.82) is 0 Å². The van der Waals surface area contributed by atoms with Crippen molar-refractivity contribution >= 4 is 5.78 Å². The molecule has 3 N–H and O–H groups in total. The second kappa shape index (κ2) is 9.49. The van der Waals surface area contributed by atoms with E-state index >= 15 is 0 Å². The molecular formula is C11H22O6. The van der Waals surface area contributed by atoms with Crippen LogP contribution in [0.5, 0.6) is 0 Å². The van der Waals surface area contributed by atoms with E-state index in [2.05, 4.69) is 0 Å². The van der Waals surface area contributed by atoms with Crippen LogP contribution in [0.4, 0.5) is 0 Å². The molecule has 0 aliphatic heterocycles. The normalized spacial score (nSPS) is 11.8. The third-order valence-electron chi connectivity index (χ3n) is 2.42. The Morgan fingerprint density at radius 1 is 1.06 bits per heavy atom. The summed E-state index contributed by atoms with van der Waals surface area (Å²) in [5.74, 6) is -0.265. The molecule has 0 aliphatic carbocycles. The van der Waals surface area contributed by atoms with Gasteiger partial charge in [0.1, 0.15) is 6.61 Å². The van der Waals surface area contributed by atoms with Crippen LogP contribution in [-0.2, 0) is 14.3 Å². The van der Waals surface area contributed by atoms with Crippen molar-refractivity contribution in [2.24, 2.45) is 5.41 Å². The summed E-state index contributed by atoms with van der Waals surface area (Å²) in [7, 11) is 0. The minimum atomic E-state index is -1.15. The Hall–Kier alpha value is -0.530. The smallest absolute Gasteiger partial charge is 0.159 e. The lowest BCUT2D eigenvalue weighted by Crippen LogP contribution is -2.37. The molecule has 0 spiro atoms. The summed E-state index contributed by atoms with van der Waals surface area (Å²) in [6, 6.07) is 0. The van der Waals surface area contributed by atoms with E-state index in [1.54, 1.807) is 0 Å². The fraction of sp³-hybridized carbons (Fsp3) is 0.909. The average molecular weight is 250 g/mol. The molecule has 6 nitrogen and oxygen atoms in total. The number of aliphatic hydroxyl groups is 3. The van der Waals surface area contributed by atoms with Gasteiger partial charge in [0, 0.05) is 18.4 Å². The predicted molar refractivity (Wildman–Crippen MR) is 60.6 cm³/mol. The van der Waals surface area contributed by atoms with Crippen molar-refractivity contribution in [3.63, 3.8) is 0 Å². The van der Waals surface area contributed by atoms with Gasteiger partial charge >= 0.3 is 0 Å². The number of rotatable bonds is 11. The zero-order valence-corrected chi connectivity index (χ0v) is 10.2. The molecule has 0 fully saturated rings. The van der Waals surface area contributed by atoms with Gasteiger partial charge in [-0.25, -0.2) is 0 Å². The number of aliphatic hydroxyl groups excluding tert-OH is 3. The van der Waals surface area contributed by atoms with Crippen LogP contribution in [0.2, 0.25) is 0 Å². The van der Waals surface area contributed by atoms with E-state index in [1.165, 1.54) is 0 Å². The molecule has 0 aromatic rings. The number of carbonyl (C=O) groups excluding carboxylic acids is 1. The van der Waals surface area contributed by atoms with E-state index in [0.29, 0.717) is 19.8 Å². The molecular weight excluding hydrogens is 228 g/mol. The summed E-state index contributed by atoms with van der Waals surface area (Å²) in [6.07, 6.45) is -0.106. The number of ether oxygens (including phenoxy) is 2. The number of ketones is 1.